The summed E-state index contributed by atoms with van der Waals surface area (Å²) in [5, 5.41) is 5.47. The molecule has 0 aliphatic heterocycles. The monoisotopic (exact) mass is 152 g/mol. The van der Waals surface area contributed by atoms with E-state index < -0.39 is 0 Å². The molecule has 0 spiro atoms. The second-order valence-corrected chi connectivity index (χ2v) is 2.67. The fraction of sp³-hybridized carbons (Fsp3) is 0. The molecule has 0 bridgehead atoms. The van der Waals surface area contributed by atoms with Crippen LogP contribution in [0.4, 0.5) is 0 Å². The van der Waals surface area contributed by atoms with Crippen molar-refractivity contribution in [2.75, 3.05) is 0 Å². The van der Waals surface area contributed by atoms with E-state index in [-0.39, 0.29) is 0 Å². The van der Waals surface area contributed by atoms with Crippen molar-refractivity contribution in [1.82, 2.24) is 10.1 Å². The molecule has 0 aliphatic carbocycles. The molecule has 2 aromatic rings. The molecule has 4 heteroatoms. The van der Waals surface area contributed by atoms with Crippen LogP contribution >= 0.6 is 11.3 Å². The summed E-state index contributed by atoms with van der Waals surface area (Å²) in [5.74, 6) is 0.593. The number of hydrogen-bond acceptors (Lipinski definition) is 4. The van der Waals surface area contributed by atoms with Gasteiger partial charge in [0.2, 0.25) is 0 Å². The van der Waals surface area contributed by atoms with E-state index in [4.69, 9.17) is 4.52 Å². The first-order valence-corrected chi connectivity index (χ1v) is 3.65. The molecule has 50 valence electrons. The minimum absolute atomic E-state index is 0.593. The van der Waals surface area contributed by atoms with Gasteiger partial charge in [-0.3, -0.25) is 0 Å². The highest BCUT2D eigenvalue weighted by Crippen LogP contribution is 2.20. The molecule has 0 radical (unpaired) electrons. The van der Waals surface area contributed by atoms with Gasteiger partial charge >= 0.3 is 0 Å². The van der Waals surface area contributed by atoms with Gasteiger partial charge in [-0.2, -0.15) is 4.98 Å². The Morgan fingerprint density at radius 3 is 3.10 bits per heavy atom. The van der Waals surface area contributed by atoms with Crippen molar-refractivity contribution in [3.63, 3.8) is 0 Å². The Morgan fingerprint density at radius 1 is 1.50 bits per heavy atom. The lowest BCUT2D eigenvalue weighted by Crippen LogP contribution is -1.65. The third-order valence-corrected chi connectivity index (χ3v) is 1.95. The van der Waals surface area contributed by atoms with Crippen molar-refractivity contribution in [3.8, 4) is 10.8 Å². The Kier molecular flexibility index (Phi) is 1.25. The van der Waals surface area contributed by atoms with Crippen LogP contribution in [0.15, 0.2) is 28.4 Å². The van der Waals surface area contributed by atoms with Crippen LogP contribution in [0.5, 0.6) is 0 Å². The minimum Gasteiger partial charge on any atom is -0.333 e. The molecule has 2 aromatic heterocycles. The highest BCUT2D eigenvalue weighted by atomic mass is 32.1. The Balaban J connectivity index is 2.48. The second kappa shape index (κ2) is 2.22. The SMILES string of the molecule is c1csc(-c2ncno2)c1. The normalized spacial score (nSPS) is 10.0. The van der Waals surface area contributed by atoms with Crippen molar-refractivity contribution < 1.29 is 4.52 Å². The lowest BCUT2D eigenvalue weighted by Gasteiger charge is -1.80. The quantitative estimate of drug-likeness (QED) is 0.625. The van der Waals surface area contributed by atoms with Crippen LogP contribution in [-0.4, -0.2) is 10.1 Å². The van der Waals surface area contributed by atoms with Crippen LogP contribution in [0, 0.1) is 0 Å². The van der Waals surface area contributed by atoms with Gasteiger partial charge in [0, 0.05) is 0 Å². The molecule has 0 saturated heterocycles. The third-order valence-electron chi connectivity index (χ3n) is 1.09. The zero-order valence-corrected chi connectivity index (χ0v) is 5.84. The van der Waals surface area contributed by atoms with Crippen LogP contribution in [0.2, 0.25) is 0 Å². The standard InChI is InChI=1S/C6H4N2OS/c1-2-5(10-3-1)6-7-4-8-9-6/h1-4H. The molecule has 2 heterocycles. The van der Waals surface area contributed by atoms with Crippen molar-refractivity contribution >= 4 is 11.3 Å². The van der Waals surface area contributed by atoms with E-state index in [1.54, 1.807) is 11.3 Å². The molecule has 0 aromatic carbocycles. The molecule has 0 fully saturated rings. The average molecular weight is 152 g/mol. The number of rotatable bonds is 1. The Bertz CT molecular complexity index is 255. The highest BCUT2D eigenvalue weighted by Gasteiger charge is 2.01. The van der Waals surface area contributed by atoms with Crippen LogP contribution in [0.3, 0.4) is 0 Å². The molecule has 0 aliphatic rings. The number of aromatic nitrogens is 2. The first-order valence-electron chi connectivity index (χ1n) is 2.77. The third kappa shape index (κ3) is 0.823. The smallest absolute Gasteiger partial charge is 0.267 e. The lowest BCUT2D eigenvalue weighted by atomic mass is 10.5. The van der Waals surface area contributed by atoms with Gasteiger partial charge in [0.25, 0.3) is 5.89 Å². The van der Waals surface area contributed by atoms with Gasteiger partial charge in [0.1, 0.15) is 0 Å². The van der Waals surface area contributed by atoms with Gasteiger partial charge in [-0.25, -0.2) is 0 Å². The minimum atomic E-state index is 0.593. The average Bonchev–Trinajstić information content (AvgIpc) is 2.59. The number of nitrogens with zero attached hydrogens (tertiary/aromatic N) is 2. The van der Waals surface area contributed by atoms with Gasteiger partial charge < -0.3 is 4.52 Å². The van der Waals surface area contributed by atoms with E-state index in [9.17, 15) is 0 Å². The van der Waals surface area contributed by atoms with Gasteiger partial charge in [0.15, 0.2) is 6.33 Å². The first kappa shape index (κ1) is 5.61. The predicted octanol–water partition coefficient (Wildman–Crippen LogP) is 1.80. The molecule has 0 atom stereocenters. The summed E-state index contributed by atoms with van der Waals surface area (Å²) in [6.45, 7) is 0. The zero-order chi connectivity index (χ0) is 6.81. The molecule has 0 saturated carbocycles. The van der Waals surface area contributed by atoms with E-state index >= 15 is 0 Å². The van der Waals surface area contributed by atoms with E-state index in [0.717, 1.165) is 4.88 Å². The number of thiophene rings is 1. The Hall–Kier alpha value is -1.16. The Labute approximate surface area is 61.3 Å². The van der Waals surface area contributed by atoms with E-state index in [0.29, 0.717) is 5.89 Å². The maximum absolute atomic E-state index is 4.83. The van der Waals surface area contributed by atoms with Crippen LogP contribution in [0.25, 0.3) is 10.8 Å². The molecule has 0 unspecified atom stereocenters. The largest absolute Gasteiger partial charge is 0.333 e. The van der Waals surface area contributed by atoms with Gasteiger partial charge in [-0.1, -0.05) is 11.2 Å². The zero-order valence-electron chi connectivity index (χ0n) is 5.02. The summed E-state index contributed by atoms with van der Waals surface area (Å²) < 4.78 is 4.83. The van der Waals surface area contributed by atoms with E-state index in [2.05, 4.69) is 10.1 Å². The van der Waals surface area contributed by atoms with Gasteiger partial charge in [-0.15, -0.1) is 11.3 Å². The molecule has 0 amide bonds. The summed E-state index contributed by atoms with van der Waals surface area (Å²) >= 11 is 1.58. The summed E-state index contributed by atoms with van der Waals surface area (Å²) in [7, 11) is 0. The van der Waals surface area contributed by atoms with Crippen molar-refractivity contribution in [2.45, 2.75) is 0 Å². The highest BCUT2D eigenvalue weighted by molar-refractivity contribution is 7.13. The molecule has 0 N–H and O–H groups in total. The van der Waals surface area contributed by atoms with Crippen molar-refractivity contribution in [2.24, 2.45) is 0 Å². The fourth-order valence-electron chi connectivity index (χ4n) is 0.682. The van der Waals surface area contributed by atoms with Gasteiger partial charge in [-0.05, 0) is 11.4 Å². The van der Waals surface area contributed by atoms with E-state index in [1.807, 2.05) is 17.5 Å². The van der Waals surface area contributed by atoms with Crippen LogP contribution in [-0.2, 0) is 0 Å². The van der Waals surface area contributed by atoms with E-state index in [1.165, 1.54) is 6.33 Å². The molecular weight excluding hydrogens is 148 g/mol. The van der Waals surface area contributed by atoms with Crippen LogP contribution in [0.1, 0.15) is 0 Å². The maximum Gasteiger partial charge on any atom is 0.267 e. The number of hydrogen-bond donors (Lipinski definition) is 0. The van der Waals surface area contributed by atoms with Crippen molar-refractivity contribution in [1.29, 1.82) is 0 Å². The summed E-state index contributed by atoms with van der Waals surface area (Å²) in [4.78, 5) is 4.90. The van der Waals surface area contributed by atoms with Crippen molar-refractivity contribution in [3.05, 3.63) is 23.8 Å². The van der Waals surface area contributed by atoms with Gasteiger partial charge in [0.05, 0.1) is 4.88 Å². The summed E-state index contributed by atoms with van der Waals surface area (Å²) in [6, 6.07) is 3.89. The Morgan fingerprint density at radius 2 is 2.50 bits per heavy atom. The molecule has 2 rings (SSSR count). The second-order valence-electron chi connectivity index (χ2n) is 1.72. The summed E-state index contributed by atoms with van der Waals surface area (Å²) in [5.41, 5.74) is 0. The first-order chi connectivity index (χ1) is 4.97. The predicted molar refractivity (Wildman–Crippen MR) is 37.6 cm³/mol. The maximum atomic E-state index is 4.83. The topological polar surface area (TPSA) is 38.9 Å². The lowest BCUT2D eigenvalue weighted by molar-refractivity contribution is 0.431. The molecular formula is C6H4N2OS. The van der Waals surface area contributed by atoms with Crippen LogP contribution < -0.4 is 0 Å². The fourth-order valence-corrected chi connectivity index (χ4v) is 1.33. The molecule has 10 heavy (non-hydrogen) atoms. The molecule has 3 nitrogen and oxygen atoms in total. The summed E-state index contributed by atoms with van der Waals surface area (Å²) in [6.07, 6.45) is 1.40.